The molecule has 0 aromatic rings. The number of carbonyl (C=O) groups is 5. The van der Waals surface area contributed by atoms with Crippen LogP contribution in [0.5, 0.6) is 0 Å². The van der Waals surface area contributed by atoms with Gasteiger partial charge >= 0.3 is 10.2 Å². The van der Waals surface area contributed by atoms with Gasteiger partial charge in [-0.05, 0) is 93.9 Å². The van der Waals surface area contributed by atoms with Crippen LogP contribution in [0.15, 0.2) is 12.7 Å². The van der Waals surface area contributed by atoms with Crippen LogP contribution < -0.4 is 20.7 Å². The van der Waals surface area contributed by atoms with E-state index in [1.165, 1.54) is 13.0 Å². The zero-order valence-electron chi connectivity index (χ0n) is 40.6. The summed E-state index contributed by atoms with van der Waals surface area (Å²) < 4.78 is 53.1. The molecule has 8 atom stereocenters. The van der Waals surface area contributed by atoms with Gasteiger partial charge in [-0.1, -0.05) is 86.6 Å². The lowest BCUT2D eigenvalue weighted by Gasteiger charge is -2.40. The summed E-state index contributed by atoms with van der Waals surface area (Å²) in [5.74, 6) is -3.55. The minimum Gasteiger partial charge on any atom is -0.343 e. The summed E-state index contributed by atoms with van der Waals surface area (Å²) in [6, 6.07) is -3.21. The smallest absolute Gasteiger partial charge is 0.303 e. The van der Waals surface area contributed by atoms with E-state index >= 15 is 4.79 Å². The lowest BCUT2D eigenvalue weighted by Crippen LogP contribution is -2.63. The minimum atomic E-state index is -4.89. The summed E-state index contributed by atoms with van der Waals surface area (Å²) in [6.45, 7) is 17.0. The van der Waals surface area contributed by atoms with E-state index in [0.717, 1.165) is 77.7 Å². The van der Waals surface area contributed by atoms with Crippen molar-refractivity contribution in [3.8, 4) is 0 Å². The molecule has 1 unspecified atom stereocenters. The summed E-state index contributed by atoms with van der Waals surface area (Å²) in [5.41, 5.74) is -3.31. The Kier molecular flexibility index (Phi) is 11.9. The molecule has 4 saturated carbocycles. The maximum absolute atomic E-state index is 15.3. The molecule has 0 aromatic carbocycles. The van der Waals surface area contributed by atoms with Gasteiger partial charge in [0.25, 0.3) is 5.91 Å². The van der Waals surface area contributed by atoms with Crippen molar-refractivity contribution >= 4 is 39.7 Å². The minimum absolute atomic E-state index is 0.0189. The number of fused-ring (bicyclic) bond motifs is 1. The third kappa shape index (κ3) is 7.94. The predicted octanol–water partition coefficient (Wildman–Crippen LogP) is 4.41. The van der Waals surface area contributed by atoms with E-state index in [1.54, 1.807) is 4.90 Å². The van der Waals surface area contributed by atoms with Crippen molar-refractivity contribution in [2.24, 2.45) is 33.5 Å². The van der Waals surface area contributed by atoms with E-state index < -0.39 is 87.3 Å². The van der Waals surface area contributed by atoms with Gasteiger partial charge in [0, 0.05) is 41.0 Å². The monoisotopic (exact) mass is 861 g/mol. The van der Waals surface area contributed by atoms with Gasteiger partial charge in [-0.15, -0.1) is 6.58 Å². The number of piperidine rings is 1. The fourth-order valence-electron chi connectivity index (χ4n) is 12.1. The summed E-state index contributed by atoms with van der Waals surface area (Å²) >= 11 is 0. The molecule has 4 N–H and O–H groups in total. The van der Waals surface area contributed by atoms with Gasteiger partial charge in [-0.3, -0.25) is 28.9 Å². The fraction of sp³-hybridized carbons (Fsp3) is 0.844. The van der Waals surface area contributed by atoms with Crippen LogP contribution in [0.1, 0.15) is 150 Å². The van der Waals surface area contributed by atoms with Gasteiger partial charge in [-0.25, -0.2) is 4.72 Å². The first-order valence-electron chi connectivity index (χ1n) is 24.1. The normalized spacial score (nSPS) is 32.5. The molecule has 6 aliphatic rings. The molecule has 14 nitrogen and oxygen atoms in total. The highest BCUT2D eigenvalue weighted by molar-refractivity contribution is 7.87. The number of carbonyl (C=O) groups excluding carboxylic acids is 5. The Morgan fingerprint density at radius 2 is 1.55 bits per heavy atom. The Morgan fingerprint density at radius 1 is 0.900 bits per heavy atom. The van der Waals surface area contributed by atoms with Gasteiger partial charge in [0.15, 0.2) is 0 Å². The third-order valence-corrected chi connectivity index (χ3v) is 17.3. The molecular weight excluding hydrogens is 783 g/mol. The van der Waals surface area contributed by atoms with E-state index in [0.29, 0.717) is 12.8 Å². The molecule has 2 aliphatic heterocycles. The molecule has 6 rings (SSSR count). The van der Waals surface area contributed by atoms with Crippen LogP contribution in [-0.4, -0.2) is 114 Å². The zero-order valence-corrected chi connectivity index (χ0v) is 38.4. The molecule has 2 saturated heterocycles. The maximum Gasteiger partial charge on any atom is 0.303 e. The summed E-state index contributed by atoms with van der Waals surface area (Å²) in [4.78, 5) is 76.8. The highest BCUT2D eigenvalue weighted by atomic mass is 32.2. The van der Waals surface area contributed by atoms with Gasteiger partial charge in [0.2, 0.25) is 23.6 Å². The average molecular weight is 861 g/mol. The topological polar surface area (TPSA) is 177 Å². The SMILES string of the molecule is [2H]C(C)N(C([2H])([2H])C)S(=O)(=O)NC(=O)[C@@]1(NC(=O)[C@@H]2C[C@@]3(CN2C(=O)[C@@H](NC(=O)[C@@H](NC(=O)[C@@H]2CCCCN2C(C)C)C2CCCCC2)C(C)(C)C)C(C)(C)C32CCC2)C[C@H]1C=C. The van der Waals surface area contributed by atoms with Crippen molar-refractivity contribution in [3.63, 3.8) is 0 Å². The molecule has 0 bridgehead atoms. The van der Waals surface area contributed by atoms with Crippen LogP contribution in [-0.2, 0) is 34.2 Å². The largest absolute Gasteiger partial charge is 0.343 e. The first-order chi connectivity index (χ1) is 29.1. The highest BCUT2D eigenvalue weighted by Gasteiger charge is 2.85. The third-order valence-electron chi connectivity index (χ3n) is 16.0. The molecule has 60 heavy (non-hydrogen) atoms. The van der Waals surface area contributed by atoms with Crippen molar-refractivity contribution in [2.75, 3.05) is 26.1 Å². The van der Waals surface area contributed by atoms with E-state index in [2.05, 4.69) is 55.1 Å². The Bertz CT molecular complexity index is 1930. The number of hydrogen-bond acceptors (Lipinski definition) is 8. The van der Waals surface area contributed by atoms with E-state index in [1.807, 2.05) is 25.5 Å². The first kappa shape index (κ1) is 42.3. The van der Waals surface area contributed by atoms with E-state index in [-0.39, 0.29) is 52.0 Å². The molecule has 4 aliphatic carbocycles. The Hall–Kier alpha value is -3.04. The average Bonchev–Trinajstić information content (AvgIpc) is 3.89. The summed E-state index contributed by atoms with van der Waals surface area (Å²) in [5, 5.41) is 9.14. The van der Waals surface area contributed by atoms with Gasteiger partial charge < -0.3 is 20.9 Å². The standard InChI is InChI=1S/C45H75N7O7S/c1-11-31-26-45(31,40(57)49-60(58,59)50(12-2)13-3)48-37(54)33-27-44(42(9,10)43(44)23-19-24-43)28-52(33)39(56)35(41(6,7)8)47-38(55)34(30-20-15-14-16-21-30)46-36(53)32-22-17-18-25-51(32)29(4)5/h11,29-35H,1,12-28H2,2-10H3,(H,46,53)(H,47,55)(H,48,54)(H,49,57)/t31-,32+,33+,34+,35-,44-,45-/m1/s1/i12D,13D2/t12?,31-,32+,33+,34+,35-,44-,45-. The number of likely N-dealkylation sites (tertiary alicyclic amines) is 2. The van der Waals surface area contributed by atoms with Crippen molar-refractivity contribution in [2.45, 2.75) is 182 Å². The van der Waals surface area contributed by atoms with Crippen LogP contribution in [0.3, 0.4) is 0 Å². The molecule has 0 radical (unpaired) electrons. The molecule has 2 spiro atoms. The molecular formula is C45H75N7O7S. The number of nitrogens with one attached hydrogen (secondary N) is 4. The Balaban J connectivity index is 1.29. The summed E-state index contributed by atoms with van der Waals surface area (Å²) in [7, 11) is -4.89. The number of amides is 5. The molecule has 15 heteroatoms. The molecule has 2 heterocycles. The zero-order chi connectivity index (χ0) is 46.9. The second kappa shape index (κ2) is 16.9. The highest BCUT2D eigenvalue weighted by Crippen LogP contribution is 2.88. The maximum atomic E-state index is 15.3. The lowest BCUT2D eigenvalue weighted by molar-refractivity contribution is -0.145. The van der Waals surface area contributed by atoms with Crippen LogP contribution in [0.4, 0.5) is 0 Å². The second-order valence-electron chi connectivity index (χ2n) is 20.6. The van der Waals surface area contributed by atoms with Crippen LogP contribution in [0, 0.1) is 33.5 Å². The van der Waals surface area contributed by atoms with Gasteiger partial charge in [0.1, 0.15) is 23.7 Å². The van der Waals surface area contributed by atoms with E-state index in [4.69, 9.17) is 4.11 Å². The van der Waals surface area contributed by atoms with Crippen molar-refractivity contribution in [1.29, 1.82) is 0 Å². The fourth-order valence-corrected chi connectivity index (χ4v) is 13.1. The van der Waals surface area contributed by atoms with Gasteiger partial charge in [-0.2, -0.15) is 12.7 Å². The lowest BCUT2D eigenvalue weighted by atomic mass is 9.73. The van der Waals surface area contributed by atoms with Crippen molar-refractivity contribution in [1.82, 2.24) is 34.8 Å². The van der Waals surface area contributed by atoms with Crippen LogP contribution in [0.25, 0.3) is 0 Å². The van der Waals surface area contributed by atoms with Crippen LogP contribution >= 0.6 is 0 Å². The second-order valence-corrected chi connectivity index (χ2v) is 22.1. The number of rotatable bonds is 15. The summed E-state index contributed by atoms with van der Waals surface area (Å²) in [6.07, 6.45) is 11.8. The van der Waals surface area contributed by atoms with Crippen molar-refractivity contribution in [3.05, 3.63) is 12.7 Å². The van der Waals surface area contributed by atoms with Crippen molar-refractivity contribution < 1.29 is 36.5 Å². The molecule has 0 aromatic heterocycles. The predicted molar refractivity (Wildman–Crippen MR) is 231 cm³/mol. The van der Waals surface area contributed by atoms with Gasteiger partial charge in [0.05, 0.1) is 6.04 Å². The quantitative estimate of drug-likeness (QED) is 0.175. The Morgan fingerprint density at radius 3 is 2.07 bits per heavy atom. The van der Waals surface area contributed by atoms with E-state index in [9.17, 15) is 27.6 Å². The molecule has 6 fully saturated rings. The Labute approximate surface area is 363 Å². The number of nitrogens with zero attached hydrogens (tertiary/aromatic N) is 3. The number of hydrogen-bond donors (Lipinski definition) is 4. The first-order valence-corrected chi connectivity index (χ1v) is 24.0. The molecule has 338 valence electrons. The molecule has 5 amide bonds. The van der Waals surface area contributed by atoms with Crippen LogP contribution in [0.2, 0.25) is 0 Å².